The van der Waals surface area contributed by atoms with Gasteiger partial charge in [-0.3, -0.25) is 19.3 Å². The van der Waals surface area contributed by atoms with E-state index in [1.165, 1.54) is 0 Å². The fourth-order valence-corrected chi connectivity index (χ4v) is 4.33. The molecule has 2 saturated carbocycles. The van der Waals surface area contributed by atoms with Gasteiger partial charge in [-0.2, -0.15) is 5.26 Å². The second-order valence-electron chi connectivity index (χ2n) is 7.63. The Balaban J connectivity index is 1.69. The van der Waals surface area contributed by atoms with Crippen molar-refractivity contribution in [3.8, 4) is 6.07 Å². The molecule has 3 aliphatic rings. The van der Waals surface area contributed by atoms with Crippen LogP contribution in [-0.2, 0) is 14.4 Å². The van der Waals surface area contributed by atoms with Gasteiger partial charge in [0, 0.05) is 6.04 Å². The van der Waals surface area contributed by atoms with Gasteiger partial charge in [-0.25, -0.2) is 9.69 Å². The molecule has 2 atom stereocenters. The second kappa shape index (κ2) is 7.06. The first-order valence-corrected chi connectivity index (χ1v) is 9.30. The number of amides is 5. The molecule has 3 rings (SSSR count). The molecule has 8 nitrogen and oxygen atoms in total. The maximum absolute atomic E-state index is 12.7. The van der Waals surface area contributed by atoms with Crippen LogP contribution in [0.25, 0.3) is 0 Å². The smallest absolute Gasteiger partial charge is 0.334 e. The van der Waals surface area contributed by atoms with Crippen molar-refractivity contribution in [1.82, 2.24) is 15.1 Å². The molecule has 2 aliphatic carbocycles. The monoisotopic (exact) mass is 360 g/mol. The summed E-state index contributed by atoms with van der Waals surface area (Å²) in [6.45, 7) is 1.45. The van der Waals surface area contributed by atoms with Crippen molar-refractivity contribution in [2.75, 3.05) is 6.54 Å². The number of nitriles is 1. The highest BCUT2D eigenvalue weighted by atomic mass is 16.2. The molecular weight excluding hydrogens is 336 g/mol. The Kier molecular flexibility index (Phi) is 4.99. The Morgan fingerprint density at radius 2 is 1.81 bits per heavy atom. The summed E-state index contributed by atoms with van der Waals surface area (Å²) in [5.41, 5.74) is -0.926. The molecule has 0 spiro atoms. The highest BCUT2D eigenvalue weighted by Crippen LogP contribution is 2.31. The predicted molar refractivity (Wildman–Crippen MR) is 90.3 cm³/mol. The Bertz CT molecular complexity index is 677. The standard InChI is InChI=1S/C18H24N4O4/c1-12-6-2-3-7-13(12)22-16(25)15(24)21(17(22)26)10-14(23)20-18(11-19)8-4-5-9-18/h12-13H,2-10H2,1H3,(H,20,23)/t12-,13+/m0/s1. The zero-order chi connectivity index (χ0) is 18.9. The summed E-state index contributed by atoms with van der Waals surface area (Å²) in [5, 5.41) is 12.0. The van der Waals surface area contributed by atoms with E-state index in [0.717, 1.165) is 37.0 Å². The first kappa shape index (κ1) is 18.4. The lowest BCUT2D eigenvalue weighted by molar-refractivity contribution is -0.145. The van der Waals surface area contributed by atoms with Crippen molar-refractivity contribution in [3.05, 3.63) is 0 Å². The molecule has 0 aromatic heterocycles. The third kappa shape index (κ3) is 3.18. The molecule has 1 aliphatic heterocycles. The lowest BCUT2D eigenvalue weighted by Crippen LogP contribution is -2.50. The maximum Gasteiger partial charge on any atom is 0.334 e. The maximum atomic E-state index is 12.7. The largest absolute Gasteiger partial charge is 0.336 e. The molecule has 0 bridgehead atoms. The number of urea groups is 1. The summed E-state index contributed by atoms with van der Waals surface area (Å²) in [7, 11) is 0. The third-order valence-corrected chi connectivity index (χ3v) is 5.83. The van der Waals surface area contributed by atoms with E-state index in [-0.39, 0.29) is 12.0 Å². The van der Waals surface area contributed by atoms with Crippen LogP contribution in [0.4, 0.5) is 4.79 Å². The van der Waals surface area contributed by atoms with Gasteiger partial charge in [0.1, 0.15) is 12.1 Å². The Morgan fingerprint density at radius 1 is 1.15 bits per heavy atom. The minimum absolute atomic E-state index is 0.138. The molecule has 0 aromatic rings. The SMILES string of the molecule is C[C@H]1CCCC[C@H]1N1C(=O)C(=O)N(CC(=O)NC2(C#N)CCCC2)C1=O. The summed E-state index contributed by atoms with van der Waals surface area (Å²) in [6, 6.07) is 1.13. The third-order valence-electron chi connectivity index (χ3n) is 5.83. The number of nitrogens with one attached hydrogen (secondary N) is 1. The fourth-order valence-electron chi connectivity index (χ4n) is 4.33. The van der Waals surface area contributed by atoms with Gasteiger partial charge in [0.2, 0.25) is 5.91 Å². The van der Waals surface area contributed by atoms with Crippen LogP contribution in [0, 0.1) is 17.2 Å². The molecule has 8 heteroatoms. The van der Waals surface area contributed by atoms with Gasteiger partial charge >= 0.3 is 17.8 Å². The van der Waals surface area contributed by atoms with E-state index in [0.29, 0.717) is 24.2 Å². The van der Waals surface area contributed by atoms with E-state index in [2.05, 4.69) is 11.4 Å². The first-order chi connectivity index (χ1) is 12.4. The van der Waals surface area contributed by atoms with Crippen LogP contribution in [0.1, 0.15) is 58.3 Å². The summed E-state index contributed by atoms with van der Waals surface area (Å²) in [5.74, 6) is -2.25. The molecule has 1 N–H and O–H groups in total. The molecule has 140 valence electrons. The van der Waals surface area contributed by atoms with Crippen molar-refractivity contribution in [2.24, 2.45) is 5.92 Å². The van der Waals surface area contributed by atoms with Crippen LogP contribution < -0.4 is 5.32 Å². The summed E-state index contributed by atoms with van der Waals surface area (Å²) >= 11 is 0. The highest BCUT2D eigenvalue weighted by molar-refractivity contribution is 6.45. The van der Waals surface area contributed by atoms with E-state index >= 15 is 0 Å². The molecular formula is C18H24N4O4. The number of hydrogen-bond acceptors (Lipinski definition) is 5. The van der Waals surface area contributed by atoms with Crippen LogP contribution in [0.15, 0.2) is 0 Å². The van der Waals surface area contributed by atoms with Crippen LogP contribution in [-0.4, -0.2) is 51.7 Å². The Morgan fingerprint density at radius 3 is 2.42 bits per heavy atom. The van der Waals surface area contributed by atoms with Gasteiger partial charge in [0.25, 0.3) is 0 Å². The van der Waals surface area contributed by atoms with E-state index in [4.69, 9.17) is 0 Å². The minimum Gasteiger partial charge on any atom is -0.336 e. The van der Waals surface area contributed by atoms with Crippen molar-refractivity contribution in [1.29, 1.82) is 5.26 Å². The molecule has 3 fully saturated rings. The van der Waals surface area contributed by atoms with Gasteiger partial charge in [0.05, 0.1) is 6.07 Å². The molecule has 1 saturated heterocycles. The van der Waals surface area contributed by atoms with Crippen molar-refractivity contribution in [3.63, 3.8) is 0 Å². The topological polar surface area (TPSA) is 111 Å². The van der Waals surface area contributed by atoms with E-state index in [1.54, 1.807) is 0 Å². The summed E-state index contributed by atoms with van der Waals surface area (Å²) in [4.78, 5) is 51.3. The lowest BCUT2D eigenvalue weighted by atomic mass is 9.85. The summed E-state index contributed by atoms with van der Waals surface area (Å²) < 4.78 is 0. The first-order valence-electron chi connectivity index (χ1n) is 9.30. The predicted octanol–water partition coefficient (Wildman–Crippen LogP) is 1.31. The minimum atomic E-state index is -0.958. The Hall–Kier alpha value is -2.43. The number of nitrogens with zero attached hydrogens (tertiary/aromatic N) is 3. The lowest BCUT2D eigenvalue weighted by Gasteiger charge is -2.34. The number of carbonyl (C=O) groups excluding carboxylic acids is 4. The number of imide groups is 2. The van der Waals surface area contributed by atoms with Crippen LogP contribution in [0.5, 0.6) is 0 Å². The molecule has 0 aromatic carbocycles. The normalized spacial score (nSPS) is 28.4. The average molecular weight is 360 g/mol. The number of carbonyl (C=O) groups is 4. The van der Waals surface area contributed by atoms with Crippen LogP contribution in [0.2, 0.25) is 0 Å². The summed E-state index contributed by atoms with van der Waals surface area (Å²) in [6.07, 6.45) is 6.35. The van der Waals surface area contributed by atoms with Gasteiger partial charge in [-0.15, -0.1) is 0 Å². The van der Waals surface area contributed by atoms with E-state index in [1.807, 2.05) is 6.92 Å². The van der Waals surface area contributed by atoms with Gasteiger partial charge in [-0.05, 0) is 44.4 Å². The van der Waals surface area contributed by atoms with Crippen molar-refractivity contribution in [2.45, 2.75) is 69.9 Å². The van der Waals surface area contributed by atoms with Gasteiger partial charge in [0.15, 0.2) is 0 Å². The van der Waals surface area contributed by atoms with Crippen molar-refractivity contribution >= 4 is 23.8 Å². The highest BCUT2D eigenvalue weighted by Gasteiger charge is 2.50. The molecule has 5 amide bonds. The van der Waals surface area contributed by atoms with Gasteiger partial charge < -0.3 is 5.32 Å². The fraction of sp³-hybridized carbons (Fsp3) is 0.722. The average Bonchev–Trinajstić information content (AvgIpc) is 3.16. The van der Waals surface area contributed by atoms with Crippen molar-refractivity contribution < 1.29 is 19.2 Å². The van der Waals surface area contributed by atoms with Crippen LogP contribution in [0.3, 0.4) is 0 Å². The Labute approximate surface area is 152 Å². The molecule has 0 radical (unpaired) electrons. The second-order valence-corrected chi connectivity index (χ2v) is 7.63. The zero-order valence-corrected chi connectivity index (χ0v) is 15.0. The molecule has 0 unspecified atom stereocenters. The van der Waals surface area contributed by atoms with Gasteiger partial charge in [-0.1, -0.05) is 19.8 Å². The molecule has 1 heterocycles. The number of hydrogen-bond donors (Lipinski definition) is 1. The van der Waals surface area contributed by atoms with Crippen LogP contribution >= 0.6 is 0 Å². The van der Waals surface area contributed by atoms with E-state index in [9.17, 15) is 24.4 Å². The van der Waals surface area contributed by atoms with E-state index < -0.39 is 35.8 Å². The zero-order valence-electron chi connectivity index (χ0n) is 15.0. The number of rotatable bonds is 4. The molecule has 26 heavy (non-hydrogen) atoms. The quantitative estimate of drug-likeness (QED) is 0.600.